The first-order valence-corrected chi connectivity index (χ1v) is 12.3. The van der Waals surface area contributed by atoms with Crippen LogP contribution in [-0.4, -0.2) is 51.3 Å². The molecular formula is C28H26F6N4O2. The number of nitrogens with two attached hydrogens (primary N) is 1. The van der Waals surface area contributed by atoms with Crippen LogP contribution in [0.3, 0.4) is 0 Å². The number of benzene rings is 3. The number of carbonyl (C=O) groups is 1. The van der Waals surface area contributed by atoms with Gasteiger partial charge < -0.3 is 15.8 Å². The first-order valence-electron chi connectivity index (χ1n) is 12.3. The van der Waals surface area contributed by atoms with Gasteiger partial charge in [-0.05, 0) is 60.3 Å². The number of hydrogen-bond donors (Lipinski definition) is 3. The molecule has 40 heavy (non-hydrogen) atoms. The molecule has 1 unspecified atom stereocenters. The maximum absolute atomic E-state index is 13.0. The molecule has 212 valence electrons. The van der Waals surface area contributed by atoms with Crippen molar-refractivity contribution in [1.29, 1.82) is 0 Å². The van der Waals surface area contributed by atoms with E-state index in [4.69, 9.17) is 15.6 Å². The minimum absolute atomic E-state index is 0.257. The molecule has 5 rings (SSSR count). The minimum Gasteiger partial charge on any atom is -0.475 e. The predicted octanol–water partition coefficient (Wildman–Crippen LogP) is 6.47. The fraction of sp³-hybridized carbons (Fsp3) is 0.286. The van der Waals surface area contributed by atoms with Gasteiger partial charge in [0.25, 0.3) is 0 Å². The van der Waals surface area contributed by atoms with Gasteiger partial charge in [0.2, 0.25) is 0 Å². The van der Waals surface area contributed by atoms with E-state index in [1.807, 2.05) is 24.3 Å². The third-order valence-corrected chi connectivity index (χ3v) is 6.42. The summed E-state index contributed by atoms with van der Waals surface area (Å²) >= 11 is 0. The molecule has 1 aromatic heterocycles. The SMILES string of the molecule is NC1CCCN(Cc2cccc(-c3ccc(-c4nc5ccc(C(F)(F)F)cc5[nH]4)cc3)c2)C1.O=C(O)C(F)(F)F. The average molecular weight is 565 g/mol. The van der Waals surface area contributed by atoms with Crippen molar-refractivity contribution in [2.75, 3.05) is 13.1 Å². The van der Waals surface area contributed by atoms with Crippen LogP contribution in [0.25, 0.3) is 33.5 Å². The molecule has 0 amide bonds. The summed E-state index contributed by atoms with van der Waals surface area (Å²) in [7, 11) is 0. The van der Waals surface area contributed by atoms with Gasteiger partial charge in [0.1, 0.15) is 5.82 Å². The molecule has 1 fully saturated rings. The van der Waals surface area contributed by atoms with Crippen molar-refractivity contribution in [1.82, 2.24) is 14.9 Å². The van der Waals surface area contributed by atoms with Crippen LogP contribution in [0.1, 0.15) is 24.0 Å². The van der Waals surface area contributed by atoms with Crippen LogP contribution in [0, 0.1) is 0 Å². The molecule has 0 radical (unpaired) electrons. The number of carboxylic acids is 1. The number of rotatable bonds is 4. The fourth-order valence-electron chi connectivity index (χ4n) is 4.49. The van der Waals surface area contributed by atoms with Gasteiger partial charge in [-0.3, -0.25) is 4.90 Å². The van der Waals surface area contributed by atoms with Crippen molar-refractivity contribution in [3.63, 3.8) is 0 Å². The van der Waals surface area contributed by atoms with Crippen molar-refractivity contribution in [3.8, 4) is 22.5 Å². The molecule has 0 bridgehead atoms. The summed E-state index contributed by atoms with van der Waals surface area (Å²) in [4.78, 5) is 18.8. The molecule has 0 saturated carbocycles. The number of piperidine rings is 1. The molecule has 1 aliphatic heterocycles. The molecule has 4 N–H and O–H groups in total. The van der Waals surface area contributed by atoms with Gasteiger partial charge in [-0.1, -0.05) is 42.5 Å². The number of aromatic nitrogens is 2. The summed E-state index contributed by atoms with van der Waals surface area (Å²) in [6.07, 6.45) is -7.23. The van der Waals surface area contributed by atoms with Crippen LogP contribution >= 0.6 is 0 Å². The Balaban J connectivity index is 0.000000470. The number of nitrogens with one attached hydrogen (secondary N) is 1. The number of aliphatic carboxylic acids is 1. The standard InChI is InChI=1S/C26H25F3N4.C2HF3O2/c27-26(28,29)21-10-11-23-24(14-21)32-25(31-23)19-8-6-18(7-9-19)20-4-1-3-17(13-20)15-33-12-2-5-22(30)16-33;3-2(4,5)1(6)7/h1,3-4,6-11,13-14,22H,2,5,12,15-16,30H2,(H,31,32);(H,6,7). The number of imidazole rings is 1. The van der Waals surface area contributed by atoms with Crippen LogP contribution in [0.4, 0.5) is 26.3 Å². The van der Waals surface area contributed by atoms with Crippen molar-refractivity contribution < 1.29 is 36.2 Å². The number of nitrogens with zero attached hydrogens (tertiary/aromatic N) is 2. The van der Waals surface area contributed by atoms with Gasteiger partial charge in [0.05, 0.1) is 16.6 Å². The Kier molecular flexibility index (Phi) is 8.50. The molecule has 0 aliphatic carbocycles. The second-order valence-corrected chi connectivity index (χ2v) is 9.53. The zero-order valence-electron chi connectivity index (χ0n) is 21.1. The number of likely N-dealkylation sites (tertiary alicyclic amines) is 1. The fourth-order valence-corrected chi connectivity index (χ4v) is 4.49. The van der Waals surface area contributed by atoms with E-state index in [9.17, 15) is 26.3 Å². The van der Waals surface area contributed by atoms with Gasteiger partial charge >= 0.3 is 18.3 Å². The van der Waals surface area contributed by atoms with E-state index in [2.05, 4.69) is 39.1 Å². The third kappa shape index (κ3) is 7.39. The van der Waals surface area contributed by atoms with E-state index in [0.717, 1.165) is 61.3 Å². The van der Waals surface area contributed by atoms with E-state index in [1.165, 1.54) is 11.6 Å². The quantitative estimate of drug-likeness (QED) is 0.247. The number of H-pyrrole nitrogens is 1. The number of alkyl halides is 6. The van der Waals surface area contributed by atoms with Crippen LogP contribution in [-0.2, 0) is 17.5 Å². The Labute approximate surface area is 225 Å². The Hall–Kier alpha value is -3.90. The molecule has 4 aromatic rings. The number of hydrogen-bond acceptors (Lipinski definition) is 4. The van der Waals surface area contributed by atoms with Crippen molar-refractivity contribution in [3.05, 3.63) is 77.9 Å². The molecule has 3 aromatic carbocycles. The lowest BCUT2D eigenvalue weighted by atomic mass is 10.0. The van der Waals surface area contributed by atoms with Gasteiger partial charge in [-0.2, -0.15) is 26.3 Å². The van der Waals surface area contributed by atoms with E-state index in [-0.39, 0.29) is 6.04 Å². The Morgan fingerprint density at radius 2 is 1.65 bits per heavy atom. The number of halogens is 6. The van der Waals surface area contributed by atoms with Gasteiger partial charge in [0, 0.05) is 24.7 Å². The van der Waals surface area contributed by atoms with E-state index < -0.39 is 23.9 Å². The second kappa shape index (κ2) is 11.7. The summed E-state index contributed by atoms with van der Waals surface area (Å²) in [5.41, 5.74) is 10.6. The minimum atomic E-state index is -5.08. The first-order chi connectivity index (χ1) is 18.8. The maximum Gasteiger partial charge on any atom is 0.490 e. The number of aromatic amines is 1. The first kappa shape index (κ1) is 29.1. The summed E-state index contributed by atoms with van der Waals surface area (Å²) in [6.45, 7) is 2.90. The van der Waals surface area contributed by atoms with Crippen LogP contribution < -0.4 is 5.73 Å². The number of fused-ring (bicyclic) bond motifs is 1. The van der Waals surface area contributed by atoms with Crippen LogP contribution in [0.2, 0.25) is 0 Å². The highest BCUT2D eigenvalue weighted by Gasteiger charge is 2.38. The van der Waals surface area contributed by atoms with Crippen molar-refractivity contribution >= 4 is 17.0 Å². The van der Waals surface area contributed by atoms with Gasteiger partial charge in [-0.15, -0.1) is 0 Å². The van der Waals surface area contributed by atoms with E-state index >= 15 is 0 Å². The smallest absolute Gasteiger partial charge is 0.475 e. The lowest BCUT2D eigenvalue weighted by Crippen LogP contribution is -2.42. The van der Waals surface area contributed by atoms with Gasteiger partial charge in [0.15, 0.2) is 0 Å². The summed E-state index contributed by atoms with van der Waals surface area (Å²) in [5.74, 6) is -2.21. The molecule has 6 nitrogen and oxygen atoms in total. The summed E-state index contributed by atoms with van der Waals surface area (Å²) in [5, 5.41) is 7.12. The van der Waals surface area contributed by atoms with Crippen LogP contribution in [0.15, 0.2) is 66.7 Å². The molecule has 0 spiro atoms. The summed E-state index contributed by atoms with van der Waals surface area (Å²) in [6, 6.07) is 20.2. The Morgan fingerprint density at radius 3 is 2.27 bits per heavy atom. The van der Waals surface area contributed by atoms with E-state index in [0.29, 0.717) is 16.9 Å². The molecule has 1 atom stereocenters. The monoisotopic (exact) mass is 564 g/mol. The Morgan fingerprint density at radius 1 is 0.975 bits per heavy atom. The zero-order chi connectivity index (χ0) is 29.1. The lowest BCUT2D eigenvalue weighted by molar-refractivity contribution is -0.192. The number of carboxylic acid groups (broad SMARTS) is 1. The highest BCUT2D eigenvalue weighted by atomic mass is 19.4. The van der Waals surface area contributed by atoms with Crippen molar-refractivity contribution in [2.45, 2.75) is 37.8 Å². The summed E-state index contributed by atoms with van der Waals surface area (Å²) < 4.78 is 70.7. The molecular weight excluding hydrogens is 538 g/mol. The van der Waals surface area contributed by atoms with Crippen molar-refractivity contribution in [2.24, 2.45) is 5.73 Å². The highest BCUT2D eigenvalue weighted by molar-refractivity contribution is 5.80. The third-order valence-electron chi connectivity index (χ3n) is 6.42. The average Bonchev–Trinajstić information content (AvgIpc) is 3.32. The van der Waals surface area contributed by atoms with Crippen LogP contribution in [0.5, 0.6) is 0 Å². The lowest BCUT2D eigenvalue weighted by Gasteiger charge is -2.30. The normalized spacial score (nSPS) is 16.4. The zero-order valence-corrected chi connectivity index (χ0v) is 21.1. The molecule has 2 heterocycles. The Bertz CT molecular complexity index is 1460. The van der Waals surface area contributed by atoms with Gasteiger partial charge in [-0.25, -0.2) is 9.78 Å². The molecule has 12 heteroatoms. The van der Waals surface area contributed by atoms with E-state index in [1.54, 1.807) is 0 Å². The highest BCUT2D eigenvalue weighted by Crippen LogP contribution is 2.32. The largest absolute Gasteiger partial charge is 0.490 e. The molecule has 1 saturated heterocycles. The molecule has 1 aliphatic rings. The second-order valence-electron chi connectivity index (χ2n) is 9.53. The topological polar surface area (TPSA) is 95.2 Å². The predicted molar refractivity (Wildman–Crippen MR) is 138 cm³/mol. The maximum atomic E-state index is 13.0.